The van der Waals surface area contributed by atoms with E-state index >= 15 is 0 Å². The van der Waals surface area contributed by atoms with Gasteiger partial charge in [0.15, 0.2) is 5.11 Å². The summed E-state index contributed by atoms with van der Waals surface area (Å²) < 4.78 is 31.8. The van der Waals surface area contributed by atoms with Crippen LogP contribution in [0.5, 0.6) is 0 Å². The monoisotopic (exact) mass is 433 g/mol. The third kappa shape index (κ3) is 5.87. The van der Waals surface area contributed by atoms with E-state index in [1.54, 1.807) is 36.7 Å². The first-order chi connectivity index (χ1) is 13.9. The molecule has 1 aromatic carbocycles. The van der Waals surface area contributed by atoms with Crippen LogP contribution in [0.4, 0.5) is 5.95 Å². The van der Waals surface area contributed by atoms with Crippen molar-refractivity contribution in [3.05, 3.63) is 54.4 Å². The maximum absolute atomic E-state index is 12.6. The van der Waals surface area contributed by atoms with Crippen molar-refractivity contribution >= 4 is 45.3 Å². The minimum Gasteiger partial charge on any atom is -0.379 e. The molecular formula is C18H19N5O4S2. The summed E-state index contributed by atoms with van der Waals surface area (Å²) in [7, 11) is -3.54. The predicted molar refractivity (Wildman–Crippen MR) is 111 cm³/mol. The molecule has 1 aliphatic rings. The largest absolute Gasteiger partial charge is 0.379 e. The van der Waals surface area contributed by atoms with Crippen molar-refractivity contribution in [2.24, 2.45) is 0 Å². The van der Waals surface area contributed by atoms with E-state index in [0.717, 1.165) is 0 Å². The highest BCUT2D eigenvalue weighted by Crippen LogP contribution is 2.18. The number of sulfonamides is 1. The molecule has 11 heteroatoms. The van der Waals surface area contributed by atoms with E-state index in [1.165, 1.54) is 22.5 Å². The molecule has 1 fully saturated rings. The summed E-state index contributed by atoms with van der Waals surface area (Å²) in [6, 6.07) is 7.95. The quantitative estimate of drug-likeness (QED) is 0.531. The van der Waals surface area contributed by atoms with Gasteiger partial charge in [-0.1, -0.05) is 12.1 Å². The zero-order valence-corrected chi connectivity index (χ0v) is 16.9. The van der Waals surface area contributed by atoms with Gasteiger partial charge in [0.2, 0.25) is 21.9 Å². The van der Waals surface area contributed by atoms with Crippen molar-refractivity contribution < 1.29 is 17.9 Å². The van der Waals surface area contributed by atoms with Crippen LogP contribution in [0.3, 0.4) is 0 Å². The highest BCUT2D eigenvalue weighted by atomic mass is 32.2. The number of anilines is 1. The smallest absolute Gasteiger partial charge is 0.250 e. The molecule has 2 heterocycles. The van der Waals surface area contributed by atoms with Gasteiger partial charge >= 0.3 is 0 Å². The number of aromatic nitrogens is 2. The van der Waals surface area contributed by atoms with Gasteiger partial charge < -0.3 is 10.1 Å². The molecule has 0 radical (unpaired) electrons. The van der Waals surface area contributed by atoms with E-state index in [0.29, 0.717) is 31.9 Å². The lowest BCUT2D eigenvalue weighted by atomic mass is 10.2. The number of rotatable bonds is 5. The zero-order valence-electron chi connectivity index (χ0n) is 15.3. The molecule has 2 aromatic rings. The van der Waals surface area contributed by atoms with Crippen LogP contribution in [0, 0.1) is 0 Å². The molecular weight excluding hydrogens is 414 g/mol. The standard InChI is InChI=1S/C18H19N5O4S2/c24-16(21-18(28)22-17-19-8-1-9-20-17)7-4-14-2-5-15(6-3-14)29(25,26)23-10-12-27-13-11-23/h1-9H,10-13H2,(H2,19,20,21,22,24,28). The van der Waals surface area contributed by atoms with Gasteiger partial charge in [-0.15, -0.1) is 0 Å². The first-order valence-electron chi connectivity index (χ1n) is 8.70. The second-order valence-electron chi connectivity index (χ2n) is 5.93. The number of carbonyl (C=O) groups is 1. The van der Waals surface area contributed by atoms with E-state index in [1.807, 2.05) is 0 Å². The van der Waals surface area contributed by atoms with Crippen LogP contribution in [0.25, 0.3) is 6.08 Å². The predicted octanol–water partition coefficient (Wildman–Crippen LogP) is 1.02. The average molecular weight is 434 g/mol. The number of amides is 1. The van der Waals surface area contributed by atoms with Crippen molar-refractivity contribution in [2.75, 3.05) is 31.6 Å². The van der Waals surface area contributed by atoms with Crippen molar-refractivity contribution in [1.29, 1.82) is 0 Å². The van der Waals surface area contributed by atoms with Crippen LogP contribution in [0.2, 0.25) is 0 Å². The summed E-state index contributed by atoms with van der Waals surface area (Å²) in [6.45, 7) is 1.46. The Balaban J connectivity index is 1.56. The highest BCUT2D eigenvalue weighted by molar-refractivity contribution is 7.89. The topological polar surface area (TPSA) is 114 Å². The van der Waals surface area contributed by atoms with Gasteiger partial charge in [-0.05, 0) is 42.1 Å². The maximum Gasteiger partial charge on any atom is 0.250 e. The molecule has 9 nitrogen and oxygen atoms in total. The van der Waals surface area contributed by atoms with Crippen LogP contribution in [0.1, 0.15) is 5.56 Å². The number of nitrogens with one attached hydrogen (secondary N) is 2. The summed E-state index contributed by atoms with van der Waals surface area (Å²) >= 11 is 5.03. The Morgan fingerprint density at radius 3 is 2.45 bits per heavy atom. The Morgan fingerprint density at radius 1 is 1.14 bits per heavy atom. The van der Waals surface area contributed by atoms with E-state index in [9.17, 15) is 13.2 Å². The third-order valence-corrected chi connectivity index (χ3v) is 6.06. The Labute approximate surface area is 173 Å². The number of benzene rings is 1. The van der Waals surface area contributed by atoms with Crippen molar-refractivity contribution in [1.82, 2.24) is 19.6 Å². The third-order valence-electron chi connectivity index (χ3n) is 3.94. The molecule has 0 bridgehead atoms. The fourth-order valence-electron chi connectivity index (χ4n) is 2.51. The van der Waals surface area contributed by atoms with Gasteiger partial charge in [0.1, 0.15) is 0 Å². The van der Waals surface area contributed by atoms with Crippen LogP contribution in [-0.2, 0) is 19.6 Å². The molecule has 0 spiro atoms. The second kappa shape index (κ2) is 9.65. The molecule has 1 amide bonds. The molecule has 1 aliphatic heterocycles. The Hall–Kier alpha value is -2.73. The Morgan fingerprint density at radius 2 is 1.79 bits per heavy atom. The number of morpholine rings is 1. The molecule has 0 saturated carbocycles. The molecule has 29 heavy (non-hydrogen) atoms. The zero-order chi connectivity index (χ0) is 20.7. The minimum absolute atomic E-state index is 0.0674. The molecule has 1 aromatic heterocycles. The summed E-state index contributed by atoms with van der Waals surface area (Å²) in [5.74, 6) is -0.165. The molecule has 0 atom stereocenters. The van der Waals surface area contributed by atoms with Crippen molar-refractivity contribution in [2.45, 2.75) is 4.90 Å². The van der Waals surface area contributed by atoms with E-state index in [2.05, 4.69) is 20.6 Å². The van der Waals surface area contributed by atoms with Crippen LogP contribution in [-0.4, -0.2) is 60.0 Å². The Kier molecular flexibility index (Phi) is 6.99. The summed E-state index contributed by atoms with van der Waals surface area (Å²) in [5.41, 5.74) is 0.673. The van der Waals surface area contributed by atoms with E-state index in [-0.39, 0.29) is 16.0 Å². The van der Waals surface area contributed by atoms with Crippen LogP contribution < -0.4 is 10.6 Å². The number of hydrogen-bond acceptors (Lipinski definition) is 7. The van der Waals surface area contributed by atoms with Gasteiger partial charge in [-0.3, -0.25) is 10.1 Å². The number of carbonyl (C=O) groups excluding carboxylic acids is 1. The minimum atomic E-state index is -3.54. The number of hydrogen-bond donors (Lipinski definition) is 2. The van der Waals surface area contributed by atoms with E-state index < -0.39 is 15.9 Å². The fourth-order valence-corrected chi connectivity index (χ4v) is 4.11. The van der Waals surface area contributed by atoms with Gasteiger partial charge in [-0.2, -0.15) is 4.31 Å². The number of ether oxygens (including phenoxy) is 1. The van der Waals surface area contributed by atoms with Gasteiger partial charge in [0, 0.05) is 31.6 Å². The second-order valence-corrected chi connectivity index (χ2v) is 8.28. The first kappa shape index (κ1) is 21.0. The molecule has 0 aliphatic carbocycles. The van der Waals surface area contributed by atoms with Gasteiger partial charge in [0.05, 0.1) is 18.1 Å². The van der Waals surface area contributed by atoms with E-state index in [4.69, 9.17) is 17.0 Å². The summed E-state index contributed by atoms with van der Waals surface area (Å²) in [4.78, 5) is 20.1. The molecule has 2 N–H and O–H groups in total. The van der Waals surface area contributed by atoms with Gasteiger partial charge in [-0.25, -0.2) is 18.4 Å². The normalized spacial score (nSPS) is 15.2. The summed E-state index contributed by atoms with van der Waals surface area (Å²) in [5, 5.41) is 5.23. The summed E-state index contributed by atoms with van der Waals surface area (Å²) in [6.07, 6.45) is 5.94. The lowest BCUT2D eigenvalue weighted by Gasteiger charge is -2.26. The number of nitrogens with zero attached hydrogens (tertiary/aromatic N) is 3. The average Bonchev–Trinajstić information content (AvgIpc) is 2.74. The first-order valence-corrected chi connectivity index (χ1v) is 10.5. The highest BCUT2D eigenvalue weighted by Gasteiger charge is 2.25. The molecule has 1 saturated heterocycles. The SMILES string of the molecule is O=C(C=Cc1ccc(S(=O)(=O)N2CCOCC2)cc1)NC(=S)Nc1ncccn1. The van der Waals surface area contributed by atoms with Crippen LogP contribution in [0.15, 0.2) is 53.7 Å². The Bertz CT molecular complexity index is 989. The lowest BCUT2D eigenvalue weighted by Crippen LogP contribution is -2.40. The maximum atomic E-state index is 12.6. The number of thiocarbonyl (C=S) groups is 1. The molecule has 152 valence electrons. The van der Waals surface area contributed by atoms with Crippen molar-refractivity contribution in [3.63, 3.8) is 0 Å². The van der Waals surface area contributed by atoms with Crippen LogP contribution >= 0.6 is 12.2 Å². The molecule has 3 rings (SSSR count). The lowest BCUT2D eigenvalue weighted by molar-refractivity contribution is -0.115. The van der Waals surface area contributed by atoms with Crippen molar-refractivity contribution in [3.8, 4) is 0 Å². The fraction of sp³-hybridized carbons (Fsp3) is 0.222. The van der Waals surface area contributed by atoms with Gasteiger partial charge in [0.25, 0.3) is 0 Å². The molecule has 0 unspecified atom stereocenters.